The number of fused-ring (bicyclic) bond motifs is 1. The fourth-order valence-electron chi connectivity index (χ4n) is 6.18. The van der Waals surface area contributed by atoms with Crippen molar-refractivity contribution in [2.45, 2.75) is 6.92 Å². The van der Waals surface area contributed by atoms with Crippen molar-refractivity contribution in [3.8, 4) is 73.4 Å². The molecule has 0 N–H and O–H groups in total. The van der Waals surface area contributed by atoms with Crippen LogP contribution < -0.4 is 0 Å². The van der Waals surface area contributed by atoms with Crippen molar-refractivity contribution in [3.05, 3.63) is 200 Å². The number of para-hydroxylation sites is 2. The molecule has 0 aliphatic heterocycles. The molecule has 4 nitrogen and oxygen atoms in total. The minimum atomic E-state index is 0.588. The van der Waals surface area contributed by atoms with E-state index in [4.69, 9.17) is 15.0 Å². The second kappa shape index (κ2) is 16.2. The summed E-state index contributed by atoms with van der Waals surface area (Å²) in [5, 5.41) is 9.54. The number of allylic oxidation sites excluding steroid dienone is 3. The molecule has 2 heterocycles. The number of aromatic nitrogens is 3. The molecule has 0 radical (unpaired) electrons. The lowest BCUT2D eigenvalue weighted by atomic mass is 9.95. The summed E-state index contributed by atoms with van der Waals surface area (Å²) in [6.07, 6.45) is 5.58. The molecule has 8 aromatic rings. The van der Waals surface area contributed by atoms with Crippen LogP contribution in [0.15, 0.2) is 195 Å². The Morgan fingerprint density at radius 2 is 0.943 bits per heavy atom. The predicted octanol–water partition coefficient (Wildman–Crippen LogP) is 12.6. The minimum Gasteiger partial charge on any atom is -0.248 e. The Kier molecular flexibility index (Phi) is 10.5. The first-order chi connectivity index (χ1) is 26.1. The van der Waals surface area contributed by atoms with E-state index in [1.807, 2.05) is 97.9 Å². The van der Waals surface area contributed by atoms with Gasteiger partial charge in [0.05, 0.1) is 45.4 Å². The largest absolute Gasteiger partial charge is 0.248 e. The van der Waals surface area contributed by atoms with Gasteiger partial charge >= 0.3 is 0 Å². The van der Waals surface area contributed by atoms with Gasteiger partial charge in [0.2, 0.25) is 0 Å². The molecular weight excluding hydrogens is 645 g/mol. The van der Waals surface area contributed by atoms with Crippen molar-refractivity contribution in [2.24, 2.45) is 0 Å². The summed E-state index contributed by atoms with van der Waals surface area (Å²) in [6.45, 7) is 5.42. The van der Waals surface area contributed by atoms with Crippen LogP contribution >= 0.6 is 0 Å². The van der Waals surface area contributed by atoms with Crippen molar-refractivity contribution in [1.29, 1.82) is 5.26 Å². The molecule has 0 saturated carbocycles. The zero-order chi connectivity index (χ0) is 36.4. The second-order valence-corrected chi connectivity index (χ2v) is 12.4. The van der Waals surface area contributed by atoms with E-state index in [0.29, 0.717) is 5.56 Å². The molecule has 0 fully saturated rings. The van der Waals surface area contributed by atoms with Gasteiger partial charge in [-0.3, -0.25) is 0 Å². The van der Waals surface area contributed by atoms with Crippen LogP contribution in [0.2, 0.25) is 0 Å². The van der Waals surface area contributed by atoms with Crippen LogP contribution in [0.1, 0.15) is 12.5 Å². The molecule has 8 rings (SSSR count). The van der Waals surface area contributed by atoms with Gasteiger partial charge in [0.1, 0.15) is 0 Å². The Morgan fingerprint density at radius 3 is 1.49 bits per heavy atom. The van der Waals surface area contributed by atoms with Crippen molar-refractivity contribution < 1.29 is 0 Å². The highest BCUT2D eigenvalue weighted by Crippen LogP contribution is 2.35. The molecule has 0 atom stereocenters. The van der Waals surface area contributed by atoms with Crippen molar-refractivity contribution >= 4 is 11.0 Å². The van der Waals surface area contributed by atoms with E-state index in [1.54, 1.807) is 12.1 Å². The third-order valence-electron chi connectivity index (χ3n) is 8.82. The maximum absolute atomic E-state index is 9.54. The Hall–Kier alpha value is -7.22. The smallest absolute Gasteiger partial charge is 0.0991 e. The number of benzene rings is 6. The zero-order valence-electron chi connectivity index (χ0n) is 29.4. The van der Waals surface area contributed by atoms with Crippen LogP contribution in [-0.4, -0.2) is 15.0 Å². The molecule has 0 spiro atoms. The third kappa shape index (κ3) is 7.91. The van der Waals surface area contributed by atoms with E-state index in [0.717, 1.165) is 78.3 Å². The molecule has 252 valence electrons. The van der Waals surface area contributed by atoms with Crippen molar-refractivity contribution in [3.63, 3.8) is 0 Å². The van der Waals surface area contributed by atoms with Gasteiger partial charge < -0.3 is 0 Å². The lowest BCUT2D eigenvalue weighted by Crippen LogP contribution is -1.96. The molecule has 53 heavy (non-hydrogen) atoms. The fourth-order valence-corrected chi connectivity index (χ4v) is 6.18. The zero-order valence-corrected chi connectivity index (χ0v) is 29.4. The predicted molar refractivity (Wildman–Crippen MR) is 220 cm³/mol. The third-order valence-corrected chi connectivity index (χ3v) is 8.82. The average Bonchev–Trinajstić information content (AvgIpc) is 3.24. The van der Waals surface area contributed by atoms with Crippen LogP contribution in [0.4, 0.5) is 0 Å². The lowest BCUT2D eigenvalue weighted by molar-refractivity contribution is 1.29. The van der Waals surface area contributed by atoms with Crippen LogP contribution in [-0.2, 0) is 0 Å². The molecule has 2 aromatic heterocycles. The maximum atomic E-state index is 9.54. The van der Waals surface area contributed by atoms with E-state index in [1.165, 1.54) is 0 Å². The maximum Gasteiger partial charge on any atom is 0.0991 e. The number of hydrogen-bond acceptors (Lipinski definition) is 4. The quantitative estimate of drug-likeness (QED) is 0.157. The normalized spacial score (nSPS) is 10.7. The van der Waals surface area contributed by atoms with Gasteiger partial charge in [-0.25, -0.2) is 15.0 Å². The molecule has 6 aromatic carbocycles. The summed E-state index contributed by atoms with van der Waals surface area (Å²) in [6, 6.07) is 59.8. The summed E-state index contributed by atoms with van der Waals surface area (Å²) in [7, 11) is 0. The van der Waals surface area contributed by atoms with Gasteiger partial charge in [0.15, 0.2) is 0 Å². The van der Waals surface area contributed by atoms with Crippen molar-refractivity contribution in [1.82, 2.24) is 15.0 Å². The first-order valence-corrected chi connectivity index (χ1v) is 17.5. The number of pyridine rings is 1. The highest BCUT2D eigenvalue weighted by atomic mass is 14.8. The molecule has 0 amide bonds. The van der Waals surface area contributed by atoms with E-state index < -0.39 is 0 Å². The summed E-state index contributed by atoms with van der Waals surface area (Å²) in [5.41, 5.74) is 14.1. The summed E-state index contributed by atoms with van der Waals surface area (Å²) < 4.78 is 0. The Morgan fingerprint density at radius 1 is 0.453 bits per heavy atom. The second-order valence-electron chi connectivity index (χ2n) is 12.4. The Balaban J connectivity index is 0.000000817. The Labute approximate surface area is 310 Å². The minimum absolute atomic E-state index is 0.588. The monoisotopic (exact) mass is 680 g/mol. The molecular formula is C49H36N4. The van der Waals surface area contributed by atoms with E-state index in [2.05, 4.69) is 97.6 Å². The molecule has 0 unspecified atom stereocenters. The first-order valence-electron chi connectivity index (χ1n) is 17.5. The highest BCUT2D eigenvalue weighted by molar-refractivity contribution is 5.87. The summed E-state index contributed by atoms with van der Waals surface area (Å²) in [5.74, 6) is 0. The topological polar surface area (TPSA) is 62.5 Å². The van der Waals surface area contributed by atoms with Crippen LogP contribution in [0.25, 0.3) is 78.3 Å². The van der Waals surface area contributed by atoms with Crippen molar-refractivity contribution in [2.75, 3.05) is 0 Å². The summed E-state index contributed by atoms with van der Waals surface area (Å²) >= 11 is 0. The summed E-state index contributed by atoms with van der Waals surface area (Å²) in [4.78, 5) is 15.1. The molecule has 0 bridgehead atoms. The average molecular weight is 681 g/mol. The van der Waals surface area contributed by atoms with E-state index in [9.17, 15) is 5.26 Å². The lowest BCUT2D eigenvalue weighted by Gasteiger charge is -2.13. The van der Waals surface area contributed by atoms with Gasteiger partial charge in [-0.1, -0.05) is 152 Å². The standard InChI is InChI=1S/C44H28N4.C5H8/c45-29-30-11-9-18-37(25-30)44-43(47-39-19-7-8-20-40(39)48-44)34-23-21-31(22-24-34)35-16-10-17-36(26-35)38-27-41(32-12-3-1-4-13-32)46-42(28-38)33-14-5-2-6-15-33;1-3-5-4-2/h1-28H;3-5H,1H2,2H3/b;5-4-. The number of hydrogen-bond donors (Lipinski definition) is 0. The molecule has 4 heteroatoms. The number of nitriles is 1. The first kappa shape index (κ1) is 34.2. The highest BCUT2D eigenvalue weighted by Gasteiger charge is 2.15. The van der Waals surface area contributed by atoms with Gasteiger partial charge in [0.25, 0.3) is 0 Å². The SMILES string of the molecule is C=C/C=C\C.N#Cc1cccc(-c2nc3ccccc3nc2-c2ccc(-c3cccc(-c4cc(-c5ccccc5)nc(-c5ccccc5)c4)c3)cc2)c1. The molecule has 0 aliphatic rings. The fraction of sp³-hybridized carbons (Fsp3) is 0.0204. The molecule has 0 aliphatic carbocycles. The van der Waals surface area contributed by atoms with Crippen LogP contribution in [0, 0.1) is 11.3 Å². The van der Waals surface area contributed by atoms with Crippen LogP contribution in [0.3, 0.4) is 0 Å². The van der Waals surface area contributed by atoms with Gasteiger partial charge in [0, 0.05) is 22.3 Å². The van der Waals surface area contributed by atoms with Gasteiger partial charge in [-0.15, -0.1) is 0 Å². The Bertz CT molecular complexity index is 2520. The number of nitrogens with zero attached hydrogens (tertiary/aromatic N) is 4. The van der Waals surface area contributed by atoms with E-state index >= 15 is 0 Å². The number of rotatable bonds is 7. The van der Waals surface area contributed by atoms with E-state index in [-0.39, 0.29) is 0 Å². The molecule has 0 saturated heterocycles. The van der Waals surface area contributed by atoms with Gasteiger partial charge in [-0.05, 0) is 71.6 Å². The van der Waals surface area contributed by atoms with Crippen LogP contribution in [0.5, 0.6) is 0 Å². The van der Waals surface area contributed by atoms with Gasteiger partial charge in [-0.2, -0.15) is 5.26 Å².